The van der Waals surface area contributed by atoms with Gasteiger partial charge in [-0.25, -0.2) is 0 Å². The molecule has 92 valence electrons. The molecule has 2 fully saturated rings. The van der Waals surface area contributed by atoms with Crippen molar-refractivity contribution in [1.82, 2.24) is 0 Å². The lowest BCUT2D eigenvalue weighted by Gasteiger charge is -2.38. The van der Waals surface area contributed by atoms with Crippen molar-refractivity contribution >= 4 is 17.5 Å². The summed E-state index contributed by atoms with van der Waals surface area (Å²) in [6, 6.07) is 0. The van der Waals surface area contributed by atoms with Crippen LogP contribution in [0.4, 0.5) is 4.39 Å². The number of carbonyl (C=O) groups excluding carboxylic acids is 1. The highest BCUT2D eigenvalue weighted by Gasteiger charge is 2.34. The molecule has 3 heteroatoms. The first-order valence-corrected chi connectivity index (χ1v) is 7.48. The molecule has 0 aromatic heterocycles. The van der Waals surface area contributed by atoms with Crippen LogP contribution < -0.4 is 0 Å². The highest BCUT2D eigenvalue weighted by atomic mass is 32.2. The maximum absolute atomic E-state index is 12.0. The summed E-state index contributed by atoms with van der Waals surface area (Å²) in [5.74, 6) is 0.710. The molecule has 0 spiro atoms. The van der Waals surface area contributed by atoms with Crippen LogP contribution in [0.25, 0.3) is 0 Å². The first-order chi connectivity index (χ1) is 7.79. The number of Topliss-reactive ketones (excluding diaryl/α,β-unsaturated/α-hetero) is 1. The molecule has 0 N–H and O–H groups in total. The monoisotopic (exact) mass is 244 g/mol. The largest absolute Gasteiger partial charge is 0.299 e. The predicted octanol–water partition coefficient (Wildman–Crippen LogP) is 3.76. The molecule has 2 bridgehead atoms. The maximum atomic E-state index is 12.0. The molecular formula is C13H21FOS. The van der Waals surface area contributed by atoms with E-state index in [1.807, 2.05) is 0 Å². The third-order valence-electron chi connectivity index (χ3n) is 3.79. The molecule has 2 heterocycles. The Kier molecular flexibility index (Phi) is 4.68. The number of thioether (sulfide) groups is 1. The van der Waals surface area contributed by atoms with E-state index < -0.39 is 0 Å². The lowest BCUT2D eigenvalue weighted by atomic mass is 9.85. The predicted molar refractivity (Wildman–Crippen MR) is 66.6 cm³/mol. The van der Waals surface area contributed by atoms with Crippen LogP contribution in [0.3, 0.4) is 0 Å². The molecule has 2 atom stereocenters. The average Bonchev–Trinajstić information content (AvgIpc) is 2.28. The number of fused-ring (bicyclic) bond motifs is 2. The summed E-state index contributed by atoms with van der Waals surface area (Å²) in [5.41, 5.74) is 0. The third-order valence-corrected chi connectivity index (χ3v) is 5.42. The SMILES string of the molecule is O=C(CCCCF)C1CC2CCCC(C1)S2. The zero-order valence-electron chi connectivity index (χ0n) is 9.79. The van der Waals surface area contributed by atoms with Gasteiger partial charge in [0.15, 0.2) is 0 Å². The Balaban J connectivity index is 1.78. The number of halogens is 1. The van der Waals surface area contributed by atoms with Crippen molar-refractivity contribution in [3.05, 3.63) is 0 Å². The molecule has 1 nitrogen and oxygen atoms in total. The van der Waals surface area contributed by atoms with Gasteiger partial charge in [0.05, 0.1) is 6.67 Å². The summed E-state index contributed by atoms with van der Waals surface area (Å²) >= 11 is 2.11. The topological polar surface area (TPSA) is 17.1 Å². The van der Waals surface area contributed by atoms with Gasteiger partial charge in [-0.3, -0.25) is 9.18 Å². The van der Waals surface area contributed by atoms with Gasteiger partial charge in [0.1, 0.15) is 5.78 Å². The van der Waals surface area contributed by atoms with Gasteiger partial charge < -0.3 is 0 Å². The van der Waals surface area contributed by atoms with Crippen molar-refractivity contribution in [2.75, 3.05) is 6.67 Å². The van der Waals surface area contributed by atoms with Crippen molar-refractivity contribution < 1.29 is 9.18 Å². The zero-order valence-corrected chi connectivity index (χ0v) is 10.6. The van der Waals surface area contributed by atoms with E-state index in [1.54, 1.807) is 0 Å². The summed E-state index contributed by atoms with van der Waals surface area (Å²) in [5, 5.41) is 1.48. The minimum atomic E-state index is -0.279. The quantitative estimate of drug-likeness (QED) is 0.685. The van der Waals surface area contributed by atoms with Crippen molar-refractivity contribution in [2.45, 2.75) is 61.9 Å². The molecule has 0 amide bonds. The fourth-order valence-corrected chi connectivity index (χ4v) is 4.76. The van der Waals surface area contributed by atoms with Gasteiger partial charge in [0.2, 0.25) is 0 Å². The van der Waals surface area contributed by atoms with Gasteiger partial charge in [-0.05, 0) is 38.5 Å². The molecule has 2 saturated heterocycles. The summed E-state index contributed by atoms with van der Waals surface area (Å²) in [6.45, 7) is -0.279. The smallest absolute Gasteiger partial charge is 0.136 e. The van der Waals surface area contributed by atoms with E-state index in [1.165, 1.54) is 19.3 Å². The van der Waals surface area contributed by atoms with Gasteiger partial charge in [-0.1, -0.05) is 6.42 Å². The maximum Gasteiger partial charge on any atom is 0.136 e. The molecule has 16 heavy (non-hydrogen) atoms. The van der Waals surface area contributed by atoms with E-state index in [9.17, 15) is 9.18 Å². The van der Waals surface area contributed by atoms with E-state index in [-0.39, 0.29) is 6.67 Å². The lowest BCUT2D eigenvalue weighted by Crippen LogP contribution is -2.32. The van der Waals surface area contributed by atoms with Gasteiger partial charge in [0, 0.05) is 22.8 Å². The highest BCUT2D eigenvalue weighted by molar-refractivity contribution is 8.00. The van der Waals surface area contributed by atoms with Crippen LogP contribution in [0.2, 0.25) is 0 Å². The number of alkyl halides is 1. The van der Waals surface area contributed by atoms with Crippen molar-refractivity contribution in [3.63, 3.8) is 0 Å². The average molecular weight is 244 g/mol. The number of unbranched alkanes of at least 4 members (excludes halogenated alkanes) is 1. The van der Waals surface area contributed by atoms with Gasteiger partial charge in [-0.2, -0.15) is 11.8 Å². The van der Waals surface area contributed by atoms with Crippen molar-refractivity contribution in [3.8, 4) is 0 Å². The molecule has 2 rings (SSSR count). The Morgan fingerprint density at radius 2 is 1.88 bits per heavy atom. The highest BCUT2D eigenvalue weighted by Crippen LogP contribution is 2.44. The van der Waals surface area contributed by atoms with Crippen LogP contribution in [-0.2, 0) is 4.79 Å². The van der Waals surface area contributed by atoms with Crippen LogP contribution in [0, 0.1) is 5.92 Å². The van der Waals surface area contributed by atoms with E-state index in [0.717, 1.165) is 29.8 Å². The third kappa shape index (κ3) is 3.22. The second-order valence-corrected chi connectivity index (χ2v) is 6.70. The molecule has 0 saturated carbocycles. The molecule has 2 aliphatic heterocycles. The van der Waals surface area contributed by atoms with Crippen LogP contribution in [0.1, 0.15) is 51.4 Å². The Bertz CT molecular complexity index is 232. The number of hydrogen-bond donors (Lipinski definition) is 0. The van der Waals surface area contributed by atoms with Gasteiger partial charge in [0.25, 0.3) is 0 Å². The first kappa shape index (κ1) is 12.4. The number of rotatable bonds is 5. The molecule has 0 radical (unpaired) electrons. The van der Waals surface area contributed by atoms with Crippen LogP contribution in [0.15, 0.2) is 0 Å². The number of hydrogen-bond acceptors (Lipinski definition) is 2. The van der Waals surface area contributed by atoms with Crippen molar-refractivity contribution in [1.29, 1.82) is 0 Å². The van der Waals surface area contributed by atoms with E-state index in [4.69, 9.17) is 0 Å². The second kappa shape index (κ2) is 6.04. The first-order valence-electron chi connectivity index (χ1n) is 6.53. The minimum absolute atomic E-state index is 0.279. The summed E-state index contributed by atoms with van der Waals surface area (Å²) in [4.78, 5) is 12.0. The molecule has 2 aliphatic rings. The standard InChI is InChI=1S/C13H21FOS/c14-7-2-1-6-13(15)10-8-11-4-3-5-12(9-10)16-11/h10-12H,1-9H2. The second-order valence-electron chi connectivity index (χ2n) is 5.09. The molecule has 2 unspecified atom stereocenters. The fourth-order valence-electron chi connectivity index (χ4n) is 2.92. The Morgan fingerprint density at radius 3 is 2.50 bits per heavy atom. The van der Waals surface area contributed by atoms with Crippen LogP contribution >= 0.6 is 11.8 Å². The lowest BCUT2D eigenvalue weighted by molar-refractivity contribution is -0.123. The van der Waals surface area contributed by atoms with E-state index in [2.05, 4.69) is 11.8 Å². The summed E-state index contributed by atoms with van der Waals surface area (Å²) in [6.07, 6.45) is 8.05. The van der Waals surface area contributed by atoms with Crippen molar-refractivity contribution in [2.24, 2.45) is 5.92 Å². The summed E-state index contributed by atoms with van der Waals surface area (Å²) in [7, 11) is 0. The van der Waals surface area contributed by atoms with Gasteiger partial charge >= 0.3 is 0 Å². The molecular weight excluding hydrogens is 223 g/mol. The van der Waals surface area contributed by atoms with Crippen LogP contribution in [-0.4, -0.2) is 23.0 Å². The van der Waals surface area contributed by atoms with Gasteiger partial charge in [-0.15, -0.1) is 0 Å². The molecule has 0 aromatic rings. The van der Waals surface area contributed by atoms with Crippen LogP contribution in [0.5, 0.6) is 0 Å². The Hall–Kier alpha value is -0.0500. The summed E-state index contributed by atoms with van der Waals surface area (Å²) < 4.78 is 12.0. The normalized spacial score (nSPS) is 33.7. The number of carbonyl (C=O) groups is 1. The fraction of sp³-hybridized carbons (Fsp3) is 0.923. The number of ketones is 1. The zero-order chi connectivity index (χ0) is 11.4. The minimum Gasteiger partial charge on any atom is -0.299 e. The van der Waals surface area contributed by atoms with E-state index >= 15 is 0 Å². The van der Waals surface area contributed by atoms with E-state index in [0.29, 0.717) is 24.5 Å². The molecule has 0 aliphatic carbocycles. The Labute approximate surface area is 102 Å². The molecule has 0 aromatic carbocycles. The Morgan fingerprint density at radius 1 is 1.19 bits per heavy atom.